The highest BCUT2D eigenvalue weighted by molar-refractivity contribution is 5.81. The van der Waals surface area contributed by atoms with Gasteiger partial charge in [-0.2, -0.15) is 0 Å². The zero-order valence-electron chi connectivity index (χ0n) is 13.0. The number of nitrogens with one attached hydrogen (secondary N) is 2. The number of nitrogens with zero attached hydrogens (tertiary/aromatic N) is 2. The Morgan fingerprint density at radius 1 is 1.55 bits per heavy atom. The number of aromatic nitrogens is 1. The zero-order valence-corrected chi connectivity index (χ0v) is 13.0. The number of morpholine rings is 1. The van der Waals surface area contributed by atoms with E-state index in [1.165, 1.54) is 0 Å². The minimum atomic E-state index is -0.0259. The largest absolute Gasteiger partial charge is 0.375 e. The maximum absolute atomic E-state index is 12.0. The summed E-state index contributed by atoms with van der Waals surface area (Å²) in [5.74, 6) is 1.06. The molecule has 2 unspecified atom stereocenters. The Balaban J connectivity index is 1.51. The number of carbonyl (C=O) groups excluding carboxylic acids is 1. The lowest BCUT2D eigenvalue weighted by molar-refractivity contribution is -0.122. The van der Waals surface area contributed by atoms with E-state index in [0.29, 0.717) is 6.54 Å². The fraction of sp³-hybridized carbons (Fsp3) is 0.625. The van der Waals surface area contributed by atoms with E-state index >= 15 is 0 Å². The van der Waals surface area contributed by atoms with Gasteiger partial charge in [0.25, 0.3) is 0 Å². The molecule has 120 valence electrons. The minimum absolute atomic E-state index is 0.0259. The Labute approximate surface area is 131 Å². The van der Waals surface area contributed by atoms with Crippen molar-refractivity contribution < 1.29 is 9.53 Å². The van der Waals surface area contributed by atoms with Crippen molar-refractivity contribution in [3.63, 3.8) is 0 Å². The molecule has 1 aromatic heterocycles. The lowest BCUT2D eigenvalue weighted by Gasteiger charge is -2.32. The van der Waals surface area contributed by atoms with E-state index < -0.39 is 0 Å². The van der Waals surface area contributed by atoms with E-state index in [1.807, 2.05) is 18.3 Å². The molecule has 6 nitrogen and oxygen atoms in total. The topological polar surface area (TPSA) is 66.5 Å². The number of hydrogen-bond donors (Lipinski definition) is 2. The Hall–Kier alpha value is -1.66. The summed E-state index contributed by atoms with van der Waals surface area (Å²) in [7, 11) is 0. The average molecular weight is 304 g/mol. The number of anilines is 1. The molecule has 2 aliphatic heterocycles. The Morgan fingerprint density at radius 2 is 2.45 bits per heavy atom. The first-order valence-corrected chi connectivity index (χ1v) is 8.05. The molecule has 6 heteroatoms. The molecule has 1 amide bonds. The van der Waals surface area contributed by atoms with E-state index in [1.54, 1.807) is 0 Å². The fourth-order valence-corrected chi connectivity index (χ4v) is 2.96. The summed E-state index contributed by atoms with van der Waals surface area (Å²) in [6.07, 6.45) is 4.09. The molecular weight excluding hydrogens is 280 g/mol. The fourth-order valence-electron chi connectivity index (χ4n) is 2.96. The molecule has 0 aromatic carbocycles. The summed E-state index contributed by atoms with van der Waals surface area (Å²) < 4.78 is 5.54. The van der Waals surface area contributed by atoms with Gasteiger partial charge in [-0.1, -0.05) is 6.07 Å². The van der Waals surface area contributed by atoms with Gasteiger partial charge in [-0.05, 0) is 37.9 Å². The van der Waals surface area contributed by atoms with Crippen LogP contribution in [-0.4, -0.2) is 49.3 Å². The molecule has 3 heterocycles. The number of rotatable bonds is 4. The van der Waals surface area contributed by atoms with Gasteiger partial charge in [-0.25, -0.2) is 4.98 Å². The van der Waals surface area contributed by atoms with E-state index in [-0.39, 0.29) is 18.1 Å². The second-order valence-electron chi connectivity index (χ2n) is 6.02. The molecule has 0 saturated carbocycles. The number of ether oxygens (including phenoxy) is 1. The second-order valence-corrected chi connectivity index (χ2v) is 6.02. The van der Waals surface area contributed by atoms with Crippen molar-refractivity contribution in [3.8, 4) is 0 Å². The summed E-state index contributed by atoms with van der Waals surface area (Å²) in [6.45, 7) is 6.04. The van der Waals surface area contributed by atoms with Crippen LogP contribution in [0.4, 0.5) is 5.82 Å². The zero-order chi connectivity index (χ0) is 15.4. The molecule has 2 N–H and O–H groups in total. The summed E-state index contributed by atoms with van der Waals surface area (Å²) in [5.41, 5.74) is 1.02. The number of amides is 1. The molecule has 2 fully saturated rings. The number of hydrogen-bond acceptors (Lipinski definition) is 5. The van der Waals surface area contributed by atoms with Crippen molar-refractivity contribution >= 4 is 11.7 Å². The highest BCUT2D eigenvalue weighted by atomic mass is 16.5. The molecule has 0 aliphatic carbocycles. The summed E-state index contributed by atoms with van der Waals surface area (Å²) in [6, 6.07) is 4.03. The van der Waals surface area contributed by atoms with Gasteiger partial charge in [0.1, 0.15) is 5.82 Å². The third-order valence-electron chi connectivity index (χ3n) is 4.22. The lowest BCUT2D eigenvalue weighted by Crippen LogP contribution is -2.41. The second kappa shape index (κ2) is 7.07. The van der Waals surface area contributed by atoms with E-state index in [0.717, 1.165) is 50.5 Å². The molecule has 3 rings (SSSR count). The molecule has 0 radical (unpaired) electrons. The molecule has 22 heavy (non-hydrogen) atoms. The molecule has 2 atom stereocenters. The quantitative estimate of drug-likeness (QED) is 0.856. The van der Waals surface area contributed by atoms with Crippen LogP contribution >= 0.6 is 0 Å². The van der Waals surface area contributed by atoms with Crippen LogP contribution in [0.1, 0.15) is 25.3 Å². The van der Waals surface area contributed by atoms with Crippen molar-refractivity contribution in [1.29, 1.82) is 0 Å². The monoisotopic (exact) mass is 304 g/mol. The molecule has 2 aliphatic rings. The number of carbonyl (C=O) groups is 1. The van der Waals surface area contributed by atoms with Gasteiger partial charge >= 0.3 is 0 Å². The first kappa shape index (κ1) is 15.2. The van der Waals surface area contributed by atoms with Crippen LogP contribution in [-0.2, 0) is 16.1 Å². The van der Waals surface area contributed by atoms with Gasteiger partial charge in [0.05, 0.1) is 18.8 Å². The third kappa shape index (κ3) is 3.75. The van der Waals surface area contributed by atoms with Crippen molar-refractivity contribution in [1.82, 2.24) is 15.6 Å². The SMILES string of the molecule is CC1CN(c2ccc(CNC(=O)C3CCCN3)cn2)CCO1. The van der Waals surface area contributed by atoms with E-state index in [4.69, 9.17) is 4.74 Å². The highest BCUT2D eigenvalue weighted by Crippen LogP contribution is 2.15. The van der Waals surface area contributed by atoms with Gasteiger partial charge in [-0.15, -0.1) is 0 Å². The van der Waals surface area contributed by atoms with E-state index in [2.05, 4.69) is 27.4 Å². The summed E-state index contributed by atoms with van der Waals surface area (Å²) in [5, 5.41) is 6.17. The van der Waals surface area contributed by atoms with Crippen LogP contribution in [0.15, 0.2) is 18.3 Å². The maximum atomic E-state index is 12.0. The molecule has 1 aromatic rings. The summed E-state index contributed by atoms with van der Waals surface area (Å²) >= 11 is 0. The van der Waals surface area contributed by atoms with Gasteiger partial charge in [-0.3, -0.25) is 4.79 Å². The van der Waals surface area contributed by atoms with Crippen LogP contribution in [0.2, 0.25) is 0 Å². The van der Waals surface area contributed by atoms with Crippen LogP contribution in [0.5, 0.6) is 0 Å². The lowest BCUT2D eigenvalue weighted by atomic mass is 10.2. The van der Waals surface area contributed by atoms with Crippen LogP contribution in [0.3, 0.4) is 0 Å². The first-order valence-electron chi connectivity index (χ1n) is 8.05. The average Bonchev–Trinajstić information content (AvgIpc) is 3.08. The minimum Gasteiger partial charge on any atom is -0.375 e. The Bertz CT molecular complexity index is 499. The number of pyridine rings is 1. The Morgan fingerprint density at radius 3 is 3.14 bits per heavy atom. The van der Waals surface area contributed by atoms with Gasteiger partial charge < -0.3 is 20.3 Å². The van der Waals surface area contributed by atoms with Gasteiger partial charge in [0, 0.05) is 25.8 Å². The molecule has 0 bridgehead atoms. The van der Waals surface area contributed by atoms with E-state index in [9.17, 15) is 4.79 Å². The van der Waals surface area contributed by atoms with Crippen molar-refractivity contribution in [2.75, 3.05) is 31.1 Å². The van der Waals surface area contributed by atoms with Crippen LogP contribution < -0.4 is 15.5 Å². The normalized spacial score (nSPS) is 25.2. The van der Waals surface area contributed by atoms with Crippen LogP contribution in [0.25, 0.3) is 0 Å². The third-order valence-corrected chi connectivity index (χ3v) is 4.22. The summed E-state index contributed by atoms with van der Waals surface area (Å²) in [4.78, 5) is 18.7. The van der Waals surface area contributed by atoms with Crippen molar-refractivity contribution in [2.24, 2.45) is 0 Å². The molecule has 2 saturated heterocycles. The van der Waals surface area contributed by atoms with Gasteiger partial charge in [0.2, 0.25) is 5.91 Å². The maximum Gasteiger partial charge on any atom is 0.237 e. The van der Waals surface area contributed by atoms with Gasteiger partial charge in [0.15, 0.2) is 0 Å². The Kier molecular flexibility index (Phi) is 4.90. The standard InChI is InChI=1S/C16H24N4O2/c1-12-11-20(7-8-22-12)15-5-4-13(9-18-15)10-19-16(21)14-3-2-6-17-14/h4-5,9,12,14,17H,2-3,6-8,10-11H2,1H3,(H,19,21). The highest BCUT2D eigenvalue weighted by Gasteiger charge is 2.21. The first-order chi connectivity index (χ1) is 10.7. The predicted molar refractivity (Wildman–Crippen MR) is 84.7 cm³/mol. The molecular formula is C16H24N4O2. The molecule has 0 spiro atoms. The van der Waals surface area contributed by atoms with Crippen molar-refractivity contribution in [3.05, 3.63) is 23.9 Å². The smallest absolute Gasteiger partial charge is 0.237 e. The van der Waals surface area contributed by atoms with Crippen molar-refractivity contribution in [2.45, 2.75) is 38.5 Å². The predicted octanol–water partition coefficient (Wildman–Crippen LogP) is 0.675. The van der Waals surface area contributed by atoms with Crippen LogP contribution in [0, 0.1) is 0 Å².